The van der Waals surface area contributed by atoms with E-state index in [1.165, 1.54) is 12.1 Å². The van der Waals surface area contributed by atoms with Gasteiger partial charge in [0.15, 0.2) is 23.1 Å². The van der Waals surface area contributed by atoms with Gasteiger partial charge in [-0.05, 0) is 47.7 Å². The van der Waals surface area contributed by atoms with Crippen LogP contribution in [0.1, 0.15) is 31.4 Å². The van der Waals surface area contributed by atoms with Crippen LogP contribution in [-0.2, 0) is 13.0 Å². The van der Waals surface area contributed by atoms with Crippen molar-refractivity contribution >= 4 is 0 Å². The van der Waals surface area contributed by atoms with Gasteiger partial charge in [-0.1, -0.05) is 74.0 Å². The Morgan fingerprint density at radius 3 is 1.47 bits per heavy atom. The molecule has 2 nitrogen and oxygen atoms in total. The molecule has 36 heavy (non-hydrogen) atoms. The molecule has 0 atom stereocenters. The molecule has 0 amide bonds. The second-order valence-corrected chi connectivity index (χ2v) is 8.34. The monoisotopic (exact) mass is 494 g/mol. The normalized spacial score (nSPS) is 10.9. The van der Waals surface area contributed by atoms with Crippen LogP contribution in [0, 0.1) is 23.3 Å². The van der Waals surface area contributed by atoms with Gasteiger partial charge in [0.2, 0.25) is 11.6 Å². The van der Waals surface area contributed by atoms with E-state index >= 15 is 0 Å². The maximum absolute atomic E-state index is 15.0. The number of rotatable bonds is 9. The first-order valence-corrected chi connectivity index (χ1v) is 11.8. The zero-order valence-corrected chi connectivity index (χ0v) is 20.1. The van der Waals surface area contributed by atoms with Crippen molar-refractivity contribution in [2.75, 3.05) is 6.61 Å². The molecule has 4 aromatic rings. The zero-order chi connectivity index (χ0) is 25.7. The highest BCUT2D eigenvalue weighted by atomic mass is 19.2. The molecular formula is C30H26F4O2. The Balaban J connectivity index is 1.49. The van der Waals surface area contributed by atoms with Gasteiger partial charge in [-0.3, -0.25) is 0 Å². The molecule has 0 fully saturated rings. The van der Waals surface area contributed by atoms with Crippen LogP contribution >= 0.6 is 0 Å². The molecule has 186 valence electrons. The van der Waals surface area contributed by atoms with E-state index in [2.05, 4.69) is 6.92 Å². The first-order chi connectivity index (χ1) is 17.4. The van der Waals surface area contributed by atoms with Gasteiger partial charge in [0.05, 0.1) is 6.61 Å². The molecule has 4 rings (SSSR count). The summed E-state index contributed by atoms with van der Waals surface area (Å²) in [5.74, 6) is -4.50. The maximum Gasteiger partial charge on any atom is 0.204 e. The smallest absolute Gasteiger partial charge is 0.204 e. The van der Waals surface area contributed by atoms with E-state index < -0.39 is 23.3 Å². The van der Waals surface area contributed by atoms with Gasteiger partial charge in [0.1, 0.15) is 6.61 Å². The molecule has 0 N–H and O–H groups in total. The van der Waals surface area contributed by atoms with Crippen molar-refractivity contribution in [2.45, 2.75) is 33.3 Å². The van der Waals surface area contributed by atoms with Crippen molar-refractivity contribution in [3.8, 4) is 33.8 Å². The largest absolute Gasteiger partial charge is 0.491 e. The molecule has 0 saturated carbocycles. The summed E-state index contributed by atoms with van der Waals surface area (Å²) in [4.78, 5) is 0. The predicted molar refractivity (Wildman–Crippen MR) is 133 cm³/mol. The molecule has 0 aliphatic heterocycles. The topological polar surface area (TPSA) is 18.5 Å². The third-order valence-electron chi connectivity index (χ3n) is 5.86. The molecule has 4 aromatic carbocycles. The summed E-state index contributed by atoms with van der Waals surface area (Å²) >= 11 is 0. The highest BCUT2D eigenvalue weighted by Crippen LogP contribution is 2.32. The molecular weight excluding hydrogens is 468 g/mol. The lowest BCUT2D eigenvalue weighted by Crippen LogP contribution is -2.02. The fraction of sp³-hybridized carbons (Fsp3) is 0.200. The standard InChI is InChI=1S/C30H26F4O2/c1-3-5-19-6-10-21(11-7-19)23-14-15-24(28(32)27(23)31)22-12-8-20(9-13-22)18-36-26-17-16-25(35-4-2)29(33)30(26)34/h6-17H,3-5,18H2,1-2H3. The summed E-state index contributed by atoms with van der Waals surface area (Å²) in [6, 6.07) is 19.8. The average Bonchev–Trinajstić information content (AvgIpc) is 2.89. The number of ether oxygens (including phenoxy) is 2. The number of aryl methyl sites for hydroxylation is 1. The van der Waals surface area contributed by atoms with Crippen molar-refractivity contribution in [2.24, 2.45) is 0 Å². The highest BCUT2D eigenvalue weighted by Gasteiger charge is 2.17. The van der Waals surface area contributed by atoms with Crippen molar-refractivity contribution in [1.82, 2.24) is 0 Å². The van der Waals surface area contributed by atoms with E-state index in [4.69, 9.17) is 9.47 Å². The van der Waals surface area contributed by atoms with E-state index in [1.807, 2.05) is 12.1 Å². The van der Waals surface area contributed by atoms with Gasteiger partial charge in [-0.2, -0.15) is 8.78 Å². The third-order valence-corrected chi connectivity index (χ3v) is 5.86. The van der Waals surface area contributed by atoms with Crippen LogP contribution in [0.2, 0.25) is 0 Å². The van der Waals surface area contributed by atoms with Gasteiger partial charge >= 0.3 is 0 Å². The molecule has 0 heterocycles. The molecule has 0 radical (unpaired) electrons. The third kappa shape index (κ3) is 5.38. The van der Waals surface area contributed by atoms with E-state index in [-0.39, 0.29) is 35.8 Å². The van der Waals surface area contributed by atoms with Crippen LogP contribution in [-0.4, -0.2) is 6.61 Å². The quantitative estimate of drug-likeness (QED) is 0.217. The van der Waals surface area contributed by atoms with E-state index in [9.17, 15) is 17.6 Å². The van der Waals surface area contributed by atoms with E-state index in [0.717, 1.165) is 18.4 Å². The number of hydrogen-bond donors (Lipinski definition) is 0. The second-order valence-electron chi connectivity index (χ2n) is 8.34. The Morgan fingerprint density at radius 1 is 0.528 bits per heavy atom. The predicted octanol–water partition coefficient (Wildman–Crippen LogP) is 8.51. The fourth-order valence-corrected chi connectivity index (χ4v) is 3.97. The summed E-state index contributed by atoms with van der Waals surface area (Å²) in [5, 5.41) is 0. The first-order valence-electron chi connectivity index (χ1n) is 11.8. The SMILES string of the molecule is CCCc1ccc(-c2ccc(-c3ccc(COc4ccc(OCC)c(F)c4F)cc3)c(F)c2F)cc1. The summed E-state index contributed by atoms with van der Waals surface area (Å²) < 4.78 is 68.6. The van der Waals surface area contributed by atoms with Crippen LogP contribution in [0.4, 0.5) is 17.6 Å². The lowest BCUT2D eigenvalue weighted by atomic mass is 9.97. The number of halogens is 4. The summed E-state index contributed by atoms with van der Waals surface area (Å²) in [7, 11) is 0. The first kappa shape index (κ1) is 25.3. The van der Waals surface area contributed by atoms with Crippen molar-refractivity contribution < 1.29 is 27.0 Å². The Morgan fingerprint density at radius 2 is 1.00 bits per heavy atom. The molecule has 0 unspecified atom stereocenters. The highest BCUT2D eigenvalue weighted by molar-refractivity contribution is 5.72. The number of hydrogen-bond acceptors (Lipinski definition) is 2. The Bertz CT molecular complexity index is 1330. The molecule has 0 bridgehead atoms. The number of benzene rings is 4. The van der Waals surface area contributed by atoms with Gasteiger partial charge < -0.3 is 9.47 Å². The molecule has 0 aliphatic carbocycles. The Labute approximate surface area is 208 Å². The zero-order valence-electron chi connectivity index (χ0n) is 20.1. The van der Waals surface area contributed by atoms with Gasteiger partial charge in [0.25, 0.3) is 0 Å². The maximum atomic E-state index is 15.0. The van der Waals surface area contributed by atoms with Crippen molar-refractivity contribution in [3.05, 3.63) is 107 Å². The van der Waals surface area contributed by atoms with Gasteiger partial charge in [0, 0.05) is 11.1 Å². The van der Waals surface area contributed by atoms with Gasteiger partial charge in [-0.25, -0.2) is 8.78 Å². The molecule has 0 spiro atoms. The molecule has 0 aromatic heterocycles. The second kappa shape index (κ2) is 11.3. The van der Waals surface area contributed by atoms with Crippen molar-refractivity contribution in [1.29, 1.82) is 0 Å². The van der Waals surface area contributed by atoms with Crippen LogP contribution in [0.15, 0.2) is 72.8 Å². The summed E-state index contributed by atoms with van der Waals surface area (Å²) in [5.41, 5.74) is 3.23. The van der Waals surface area contributed by atoms with E-state index in [1.54, 1.807) is 55.5 Å². The van der Waals surface area contributed by atoms with Crippen LogP contribution in [0.5, 0.6) is 11.5 Å². The van der Waals surface area contributed by atoms with E-state index in [0.29, 0.717) is 16.7 Å². The lowest BCUT2D eigenvalue weighted by Gasteiger charge is -2.12. The minimum atomic E-state index is -1.13. The van der Waals surface area contributed by atoms with Crippen molar-refractivity contribution in [3.63, 3.8) is 0 Å². The average molecular weight is 495 g/mol. The lowest BCUT2D eigenvalue weighted by molar-refractivity contribution is 0.274. The van der Waals surface area contributed by atoms with Crippen LogP contribution < -0.4 is 9.47 Å². The Kier molecular flexibility index (Phi) is 7.93. The Hall–Kier alpha value is -3.80. The fourth-order valence-electron chi connectivity index (χ4n) is 3.97. The summed E-state index contributed by atoms with van der Waals surface area (Å²) in [6.07, 6.45) is 1.95. The molecule has 0 saturated heterocycles. The minimum absolute atomic E-state index is 0.0333. The van der Waals surface area contributed by atoms with Crippen LogP contribution in [0.3, 0.4) is 0 Å². The van der Waals surface area contributed by atoms with Gasteiger partial charge in [-0.15, -0.1) is 0 Å². The molecule has 0 aliphatic rings. The molecule has 6 heteroatoms. The van der Waals surface area contributed by atoms with Crippen LogP contribution in [0.25, 0.3) is 22.3 Å². The minimum Gasteiger partial charge on any atom is -0.491 e. The summed E-state index contributed by atoms with van der Waals surface area (Å²) in [6.45, 7) is 3.94.